The van der Waals surface area contributed by atoms with E-state index in [0.717, 1.165) is 89.3 Å². The van der Waals surface area contributed by atoms with Crippen LogP contribution in [0.25, 0.3) is 43.9 Å². The number of rotatable bonds is 13. The Morgan fingerprint density at radius 3 is 1.31 bits per heavy atom. The van der Waals surface area contributed by atoms with Gasteiger partial charge in [0.2, 0.25) is 17.7 Å². The number of imidazole rings is 2. The lowest BCUT2D eigenvalue weighted by molar-refractivity contribution is -0.146. The van der Waals surface area contributed by atoms with Crippen LogP contribution in [0.2, 0.25) is 15.2 Å². The fraction of sp³-hybridized carbons (Fsp3) is 0.528. The molecule has 6 aromatic heterocycles. The van der Waals surface area contributed by atoms with Crippen LogP contribution in [0.3, 0.4) is 0 Å². The van der Waals surface area contributed by atoms with Gasteiger partial charge in [0, 0.05) is 110 Å². The number of pyridine rings is 2. The van der Waals surface area contributed by atoms with Gasteiger partial charge in [-0.25, -0.2) is 63.4 Å². The predicted molar refractivity (Wildman–Crippen MR) is 412 cm³/mol. The smallest absolute Gasteiger partial charge is 0.421 e. The van der Waals surface area contributed by atoms with Gasteiger partial charge in [0.25, 0.3) is 5.91 Å². The molecule has 4 aliphatic heterocycles. The van der Waals surface area contributed by atoms with Gasteiger partial charge in [-0.05, 0) is 126 Å². The van der Waals surface area contributed by atoms with Gasteiger partial charge in [-0.1, -0.05) is 59.1 Å². The van der Waals surface area contributed by atoms with E-state index in [9.17, 15) is 28.8 Å². The Bertz CT molecular complexity index is 4270. The maximum absolute atomic E-state index is 12.9. The van der Waals surface area contributed by atoms with E-state index in [1.807, 2.05) is 71.4 Å². The van der Waals surface area contributed by atoms with Crippen LogP contribution in [0.5, 0.6) is 5.88 Å². The molecule has 0 radical (unpaired) electrons. The number of aromatic nitrogens is 10. The standard InChI is InChI=1S/C28H33ClN8O4.C21H20Cl2N6O2.2C7H14N2O2.C5H12N2.C4H8O3/c1-17(33-24-23-25(31-15-30-24)37(16-32-23)27(39)41-28(2,3)4)20-13-18-7-6-8-19(29)22(18)26(34-20)40-14-21(38)36-11-9-35(5)10-12-36;1-11(14-8-12-6-5-7-13(22)15(12)17(23)28-14)27-18-16-19(25-9-24-18)29(10-26-16)20(30)31-21(2,3)4;2*1-8-2-4-9(5-3-8)7(11)6-10;1-7-4-2-6-3-5-7;1-2-7-4(6)3-5/h6-8,13,15-17H,9-12,14H2,1-5H3,(H,30,31,33);5-11H,1-4H3,(H,24,25,27);2*10H,2-6H2,1H3;6H,2-5H2,1H3;5H,2-3H2,1H3/t17-;11-;;;;/m00..../s1. The maximum Gasteiger partial charge on any atom is 0.421 e. The van der Waals surface area contributed by atoms with Crippen molar-refractivity contribution in [2.75, 3.05) is 177 Å². The molecule has 0 spiro atoms. The summed E-state index contributed by atoms with van der Waals surface area (Å²) in [5.74, 6) is 0.190. The van der Waals surface area contributed by atoms with Crippen LogP contribution >= 0.6 is 34.8 Å². The number of aliphatic hydroxyl groups excluding tert-OH is 3. The van der Waals surface area contributed by atoms with Crippen molar-refractivity contribution in [2.24, 2.45) is 0 Å². The first kappa shape index (κ1) is 86.4. The van der Waals surface area contributed by atoms with E-state index >= 15 is 0 Å². The van der Waals surface area contributed by atoms with E-state index in [1.165, 1.54) is 47.5 Å². The summed E-state index contributed by atoms with van der Waals surface area (Å²) in [6, 6.07) is 14.3. The number of likely N-dealkylation sites (N-methyl/N-ethyl adjacent to an activating group) is 4. The Morgan fingerprint density at radius 2 is 0.926 bits per heavy atom. The van der Waals surface area contributed by atoms with Gasteiger partial charge in [-0.3, -0.25) is 14.4 Å². The van der Waals surface area contributed by atoms with E-state index in [1.54, 1.807) is 75.3 Å². The number of halogens is 3. The topological polar surface area (TPSA) is 372 Å². The summed E-state index contributed by atoms with van der Waals surface area (Å²) in [5, 5.41) is 39.4. The summed E-state index contributed by atoms with van der Waals surface area (Å²) >= 11 is 19.2. The molecule has 6 N–H and O–H groups in total. The van der Waals surface area contributed by atoms with Crippen LogP contribution in [-0.4, -0.2) is 312 Å². The summed E-state index contributed by atoms with van der Waals surface area (Å²) in [5.41, 5.74) is 1.54. The molecule has 0 saturated carbocycles. The number of amides is 3. The van der Waals surface area contributed by atoms with Crippen molar-refractivity contribution < 1.29 is 63.0 Å². The van der Waals surface area contributed by atoms with E-state index in [0.29, 0.717) is 91.0 Å². The monoisotopic (exact) mass is 1560 g/mol. The molecule has 0 bridgehead atoms. The lowest BCUT2D eigenvalue weighted by Gasteiger charge is -2.32. The number of nitrogens with zero attached hydrogens (tertiary/aromatic N) is 17. The quantitative estimate of drug-likeness (QED) is 0.0416. The molecule has 36 heteroatoms. The summed E-state index contributed by atoms with van der Waals surface area (Å²) in [7, 11) is 8.25. The summed E-state index contributed by atoms with van der Waals surface area (Å²) in [6.07, 6.45) is 4.30. The second-order valence-corrected chi connectivity index (χ2v) is 28.9. The van der Waals surface area contributed by atoms with E-state index in [-0.39, 0.29) is 55.5 Å². The van der Waals surface area contributed by atoms with Crippen molar-refractivity contribution >= 4 is 126 Å². The average molecular weight is 1560 g/mol. The van der Waals surface area contributed by atoms with Gasteiger partial charge >= 0.3 is 18.2 Å². The summed E-state index contributed by atoms with van der Waals surface area (Å²) < 4.78 is 23.7. The van der Waals surface area contributed by atoms with Crippen LogP contribution in [0.15, 0.2) is 73.8 Å². The number of carbonyl (C=O) groups is 6. The fourth-order valence-corrected chi connectivity index (χ4v) is 11.8. The first-order chi connectivity index (χ1) is 51.3. The van der Waals surface area contributed by atoms with Crippen molar-refractivity contribution in [3.63, 3.8) is 0 Å². The third kappa shape index (κ3) is 25.6. The molecule has 12 rings (SSSR count). The Hall–Kier alpha value is -8.87. The van der Waals surface area contributed by atoms with Crippen molar-refractivity contribution in [3.8, 4) is 5.88 Å². The molecular weight excluding hydrogens is 1460 g/mol. The van der Waals surface area contributed by atoms with Gasteiger partial charge in [0.15, 0.2) is 40.6 Å². The molecule has 3 amide bonds. The number of carbonyl (C=O) groups excluding carboxylic acids is 6. The number of esters is 1. The third-order valence-electron chi connectivity index (χ3n) is 17.0. The van der Waals surface area contributed by atoms with Crippen LogP contribution in [0.4, 0.5) is 21.2 Å². The first-order valence-electron chi connectivity index (χ1n) is 35.4. The number of fused-ring (bicyclic) bond motifs is 4. The SMILES string of the molecule is CCOC(=O)CO.CN1CCN(C(=O)CO)CC1.CN1CCN(C(=O)CO)CC1.CN1CCNCC1.C[C@H](Nc1ncnc2c1ncn2C(=O)OC(C)(C)C)c1cc2cccc(Cl)c2c(Cl)n1.C[C@H](Nc1ncnc2c1ncn2C(=O)OC(C)(C)C)c1cc2cccc(Cl)c2c(OCC(=O)N2CCN(C)CC2)n1. The van der Waals surface area contributed by atoms with Crippen LogP contribution in [-0.2, 0) is 33.4 Å². The van der Waals surface area contributed by atoms with Gasteiger partial charge in [-0.2, -0.15) is 0 Å². The van der Waals surface area contributed by atoms with Crippen LogP contribution in [0.1, 0.15) is 85.8 Å². The average Bonchev–Trinajstić information content (AvgIpc) is 1.37. The molecule has 33 nitrogen and oxygen atoms in total. The number of hydrogen-bond donors (Lipinski definition) is 6. The zero-order valence-corrected chi connectivity index (χ0v) is 65.9. The largest absolute Gasteiger partial charge is 0.467 e. The van der Waals surface area contributed by atoms with Crippen molar-refractivity contribution in [1.82, 2.24) is 88.6 Å². The molecule has 108 heavy (non-hydrogen) atoms. The predicted octanol–water partition coefficient (Wildman–Crippen LogP) is 6.34. The highest BCUT2D eigenvalue weighted by Crippen LogP contribution is 2.35. The third-order valence-corrected chi connectivity index (χ3v) is 17.9. The Labute approximate surface area is 643 Å². The number of hydrogen-bond acceptors (Lipinski definition) is 28. The molecule has 588 valence electrons. The van der Waals surface area contributed by atoms with Crippen LogP contribution in [0, 0.1) is 0 Å². The second-order valence-electron chi connectivity index (χ2n) is 27.8. The van der Waals surface area contributed by atoms with Crippen molar-refractivity contribution in [1.29, 1.82) is 0 Å². The second kappa shape index (κ2) is 41.1. The molecule has 0 aliphatic carbocycles. The molecule has 8 aromatic rings. The van der Waals surface area contributed by atoms with E-state index < -0.39 is 36.0 Å². The number of benzene rings is 2. The number of aliphatic hydroxyl groups is 3. The molecular formula is C72H101Cl3N20O13. The minimum Gasteiger partial charge on any atom is -0.467 e. The highest BCUT2D eigenvalue weighted by Gasteiger charge is 2.27. The Morgan fingerprint density at radius 1 is 0.528 bits per heavy atom. The van der Waals surface area contributed by atoms with Gasteiger partial charge in [0.1, 0.15) is 61.5 Å². The molecule has 4 aliphatic rings. The fourth-order valence-electron chi connectivity index (χ4n) is 10.9. The number of anilines is 2. The molecule has 4 fully saturated rings. The number of nitrogens with one attached hydrogen (secondary N) is 3. The van der Waals surface area contributed by atoms with E-state index in [2.05, 4.69) is 82.2 Å². The maximum atomic E-state index is 12.9. The zero-order valence-electron chi connectivity index (χ0n) is 63.6. The van der Waals surface area contributed by atoms with Gasteiger partial charge in [-0.15, -0.1) is 0 Å². The van der Waals surface area contributed by atoms with Gasteiger partial charge in [0.05, 0.1) is 45.5 Å². The molecule has 4 saturated heterocycles. The first-order valence-corrected chi connectivity index (χ1v) is 36.5. The summed E-state index contributed by atoms with van der Waals surface area (Å²) in [4.78, 5) is 119. The number of piperazine rings is 4. The minimum atomic E-state index is -0.671. The van der Waals surface area contributed by atoms with Crippen LogP contribution < -0.4 is 20.7 Å². The Kier molecular flexibility index (Phi) is 32.8. The molecule has 10 heterocycles. The molecule has 0 unspecified atom stereocenters. The van der Waals surface area contributed by atoms with E-state index in [4.69, 9.17) is 69.3 Å². The lowest BCUT2D eigenvalue weighted by Crippen LogP contribution is -2.48. The lowest BCUT2D eigenvalue weighted by atomic mass is 10.1. The van der Waals surface area contributed by atoms with Gasteiger partial charge < -0.3 is 84.5 Å². The minimum absolute atomic E-state index is 0.0966. The normalized spacial score (nSPS) is 15.8. The van der Waals surface area contributed by atoms with Crippen molar-refractivity contribution in [3.05, 3.63) is 100 Å². The number of ether oxygens (including phenoxy) is 4. The molecule has 2 aromatic carbocycles. The highest BCUT2D eigenvalue weighted by molar-refractivity contribution is 6.41. The molecule has 2 atom stereocenters. The van der Waals surface area contributed by atoms with Crippen molar-refractivity contribution in [2.45, 2.75) is 85.6 Å². The highest BCUT2D eigenvalue weighted by atomic mass is 35.5. The summed E-state index contributed by atoms with van der Waals surface area (Å²) in [6.45, 7) is 29.6. The zero-order chi connectivity index (χ0) is 79.0. The Balaban J connectivity index is 0.000000209.